The van der Waals surface area contributed by atoms with Gasteiger partial charge in [-0.2, -0.15) is 0 Å². The number of carbonyl (C=O) groups excluding carboxylic acids is 3. The first kappa shape index (κ1) is 37.8. The van der Waals surface area contributed by atoms with E-state index in [1.807, 2.05) is 0 Å². The molecule has 53 heavy (non-hydrogen) atoms. The molecule has 3 aliphatic carbocycles. The van der Waals surface area contributed by atoms with Gasteiger partial charge in [-0.1, -0.05) is 0 Å². The summed E-state index contributed by atoms with van der Waals surface area (Å²) in [5.41, 5.74) is 0. The third-order valence-corrected chi connectivity index (χ3v) is 13.3. The number of aliphatic hydroxyl groups excluding tert-OH is 4. The van der Waals surface area contributed by atoms with E-state index in [0.29, 0.717) is 19.6 Å². The van der Waals surface area contributed by atoms with Gasteiger partial charge in [-0.25, -0.2) is 0 Å². The molecule has 3 saturated carbocycles. The minimum absolute atomic E-state index is 0.00455. The number of hydrogen-bond acceptors (Lipinski definition) is 20. The molecule has 0 bridgehead atoms. The van der Waals surface area contributed by atoms with Crippen molar-refractivity contribution in [2.24, 2.45) is 71.0 Å². The molecule has 20 nitrogen and oxygen atoms in total. The topological polar surface area (TPSA) is 288 Å². The Hall–Kier alpha value is -2.15. The van der Waals surface area contributed by atoms with Gasteiger partial charge in [0.05, 0.1) is 71.3 Å². The molecule has 0 spiro atoms. The molecule has 10 rings (SSSR count). The van der Waals surface area contributed by atoms with E-state index in [2.05, 4.69) is 4.74 Å². The molecule has 10 fully saturated rings. The summed E-state index contributed by atoms with van der Waals surface area (Å²) in [6.45, 7) is 0.886. The van der Waals surface area contributed by atoms with Crippen LogP contribution in [0, 0.1) is 71.0 Å². The van der Waals surface area contributed by atoms with Crippen LogP contribution in [0.2, 0.25) is 0 Å². The average Bonchev–Trinajstić information content (AvgIpc) is 3.60. The van der Waals surface area contributed by atoms with Crippen LogP contribution in [0.3, 0.4) is 0 Å². The van der Waals surface area contributed by atoms with Crippen LogP contribution in [0.1, 0.15) is 19.3 Å². The number of rotatable bonds is 3. The molecular weight excluding hydrogens is 716 g/mol. The molecule has 10 aliphatic rings. The molecule has 0 aromatic rings. The van der Waals surface area contributed by atoms with Crippen molar-refractivity contribution in [1.29, 1.82) is 0 Å². The normalized spacial score (nSPS) is 55.6. The Balaban J connectivity index is 0.000000113. The standard InChI is InChI=1S/C11H14O7.C11H16O7.C11H16O6/c1-15-9(12)5-4-6-3(7-8(4)17-7)2-16-11(6,14)18-10(5)13;1-16-9(13)7-4-2-6(12)5-3-17-11(15,8(4)5)18-10(7)14;1-15-9(12)7-6-3-2-5-4-16-11(14,8(5)6)17-10(7)13/h3-8,10,13-14H,2H2,1H3;4-8,10,12,14-15H,2-3H2,1H3;5-8,10,13-14H,2-4H2,1H3/t3-,4+,5?,6+,7+,8-,10?,11+;4-,5-,6?,7?,8+,10?,11-;5-,6+,7?,8+,10?,11+/m010/s1. The van der Waals surface area contributed by atoms with Crippen LogP contribution in [0.25, 0.3) is 0 Å². The van der Waals surface area contributed by atoms with E-state index in [1.165, 1.54) is 21.3 Å². The van der Waals surface area contributed by atoms with Crippen LogP contribution in [-0.2, 0) is 61.8 Å². The Morgan fingerprint density at radius 1 is 0.566 bits per heavy atom. The number of carbonyl (C=O) groups is 3. The van der Waals surface area contributed by atoms with Crippen molar-refractivity contribution in [3.05, 3.63) is 0 Å². The summed E-state index contributed by atoms with van der Waals surface area (Å²) in [4.78, 5) is 35.2. The summed E-state index contributed by atoms with van der Waals surface area (Å²) in [6, 6.07) is 0. The summed E-state index contributed by atoms with van der Waals surface area (Å²) in [6.07, 6.45) is -3.12. The molecule has 7 unspecified atom stereocenters. The van der Waals surface area contributed by atoms with Gasteiger partial charge < -0.3 is 68.9 Å². The molecule has 298 valence electrons. The summed E-state index contributed by atoms with van der Waals surface area (Å²) in [7, 11) is 3.77. The van der Waals surface area contributed by atoms with Gasteiger partial charge in [-0.15, -0.1) is 0 Å². The summed E-state index contributed by atoms with van der Waals surface area (Å²) >= 11 is 0. The Morgan fingerprint density at radius 3 is 1.66 bits per heavy atom. The Labute approximate surface area is 302 Å². The minimum atomic E-state index is -1.91. The molecular formula is C33H46O20. The maximum Gasteiger partial charge on any atom is 0.314 e. The molecule has 0 amide bonds. The van der Waals surface area contributed by atoms with Crippen LogP contribution in [0.15, 0.2) is 0 Å². The van der Waals surface area contributed by atoms with Crippen molar-refractivity contribution in [3.8, 4) is 0 Å². The van der Waals surface area contributed by atoms with Crippen LogP contribution < -0.4 is 0 Å². The number of esters is 3. The highest BCUT2D eigenvalue weighted by atomic mass is 16.9. The van der Waals surface area contributed by atoms with Gasteiger partial charge in [-0.05, 0) is 37.0 Å². The van der Waals surface area contributed by atoms with Gasteiger partial charge in [0.25, 0.3) is 17.9 Å². The zero-order valence-corrected chi connectivity index (χ0v) is 29.1. The minimum Gasteiger partial charge on any atom is -0.469 e. The van der Waals surface area contributed by atoms with Crippen LogP contribution >= 0.6 is 0 Å². The highest BCUT2D eigenvalue weighted by Gasteiger charge is 2.77. The number of hydrogen-bond donors (Lipinski definition) is 7. The van der Waals surface area contributed by atoms with E-state index in [-0.39, 0.29) is 60.2 Å². The second-order valence-electron chi connectivity index (χ2n) is 15.5. The SMILES string of the molecule is COC(=O)C1C(O)O[C@]2(O)OC[C@@H]3C(O)C[C@H]1[C@@H]32.COC(=O)C1C(O)O[C@]2(O)OC[C@@H]3CC[C@H]1[C@@H]32.COC(=O)C1C(O)O[C@]2(O)OC[C@@H]3[C@H]4O[C@H]4[C@H]1[C@@H]32. The molecule has 21 atom stereocenters. The van der Waals surface area contributed by atoms with Gasteiger partial charge in [0.2, 0.25) is 0 Å². The van der Waals surface area contributed by atoms with Crippen LogP contribution in [-0.4, -0.2) is 150 Å². The van der Waals surface area contributed by atoms with Crippen LogP contribution in [0.4, 0.5) is 0 Å². The monoisotopic (exact) mass is 762 g/mol. The summed E-state index contributed by atoms with van der Waals surface area (Å²) in [5.74, 6) is -11.5. The molecule has 7 saturated heterocycles. The van der Waals surface area contributed by atoms with Gasteiger partial charge in [0, 0.05) is 23.7 Å². The van der Waals surface area contributed by atoms with Gasteiger partial charge in [0.15, 0.2) is 18.9 Å². The van der Waals surface area contributed by atoms with E-state index < -0.39 is 90.4 Å². The van der Waals surface area contributed by atoms with E-state index in [0.717, 1.165) is 12.8 Å². The lowest BCUT2D eigenvalue weighted by Crippen LogP contribution is -2.57. The Morgan fingerprint density at radius 2 is 1.06 bits per heavy atom. The first-order chi connectivity index (χ1) is 25.1. The highest BCUT2D eigenvalue weighted by molar-refractivity contribution is 5.74. The third-order valence-electron chi connectivity index (χ3n) is 13.3. The first-order valence-corrected chi connectivity index (χ1v) is 17.8. The number of aliphatic hydroxyl groups is 7. The molecule has 20 heteroatoms. The molecule has 7 aliphatic heterocycles. The van der Waals surface area contributed by atoms with E-state index >= 15 is 0 Å². The second-order valence-corrected chi connectivity index (χ2v) is 15.5. The first-order valence-electron chi connectivity index (χ1n) is 17.8. The van der Waals surface area contributed by atoms with Crippen molar-refractivity contribution < 1.29 is 97.5 Å². The second kappa shape index (κ2) is 13.2. The van der Waals surface area contributed by atoms with E-state index in [4.69, 9.17) is 42.6 Å². The summed E-state index contributed by atoms with van der Waals surface area (Å²) < 4.78 is 50.4. The largest absolute Gasteiger partial charge is 0.469 e. The lowest BCUT2D eigenvalue weighted by Gasteiger charge is -2.43. The number of methoxy groups -OCH3 is 3. The molecule has 0 aromatic heterocycles. The lowest BCUT2D eigenvalue weighted by atomic mass is 9.77. The van der Waals surface area contributed by atoms with Crippen molar-refractivity contribution >= 4 is 17.9 Å². The number of fused-ring (bicyclic) bond motifs is 3. The lowest BCUT2D eigenvalue weighted by molar-refractivity contribution is -0.432. The van der Waals surface area contributed by atoms with E-state index in [1.54, 1.807) is 0 Å². The van der Waals surface area contributed by atoms with Crippen LogP contribution in [0.5, 0.6) is 0 Å². The fourth-order valence-electron chi connectivity index (χ4n) is 11.1. The number of epoxide rings is 1. The highest BCUT2D eigenvalue weighted by Crippen LogP contribution is 2.63. The fraction of sp³-hybridized carbons (Fsp3) is 0.909. The predicted octanol–water partition coefficient (Wildman–Crippen LogP) is -3.71. The van der Waals surface area contributed by atoms with Crippen molar-refractivity contribution in [2.75, 3.05) is 41.2 Å². The molecule has 0 radical (unpaired) electrons. The van der Waals surface area contributed by atoms with Crippen molar-refractivity contribution in [3.63, 3.8) is 0 Å². The zero-order chi connectivity index (χ0) is 37.9. The maximum absolute atomic E-state index is 11.8. The molecule has 7 heterocycles. The van der Waals surface area contributed by atoms with Crippen molar-refractivity contribution in [1.82, 2.24) is 0 Å². The average molecular weight is 763 g/mol. The maximum atomic E-state index is 11.8. The zero-order valence-electron chi connectivity index (χ0n) is 29.1. The molecule has 7 N–H and O–H groups in total. The fourth-order valence-corrected chi connectivity index (χ4v) is 11.1. The quantitative estimate of drug-likeness (QED) is 0.0827. The van der Waals surface area contributed by atoms with Crippen molar-refractivity contribution in [2.45, 2.75) is 74.4 Å². The van der Waals surface area contributed by atoms with Gasteiger partial charge in [0.1, 0.15) is 17.8 Å². The van der Waals surface area contributed by atoms with Gasteiger partial charge in [-0.3, -0.25) is 28.6 Å². The Kier molecular flexibility index (Phi) is 9.42. The smallest absolute Gasteiger partial charge is 0.314 e. The number of ether oxygens (including phenoxy) is 10. The summed E-state index contributed by atoms with van der Waals surface area (Å²) in [5, 5.41) is 70.2. The molecule has 0 aromatic carbocycles. The van der Waals surface area contributed by atoms with E-state index in [9.17, 15) is 50.1 Å². The third kappa shape index (κ3) is 5.67. The van der Waals surface area contributed by atoms with Gasteiger partial charge >= 0.3 is 17.9 Å². The predicted molar refractivity (Wildman–Crippen MR) is 160 cm³/mol. The Bertz CT molecular complexity index is 1440.